The first-order valence-corrected chi connectivity index (χ1v) is 9.49. The lowest BCUT2D eigenvalue weighted by atomic mass is 10.1. The van der Waals surface area contributed by atoms with Crippen molar-refractivity contribution in [3.8, 4) is 0 Å². The van der Waals surface area contributed by atoms with Gasteiger partial charge in [-0.15, -0.1) is 12.4 Å². The number of halogens is 1. The largest absolute Gasteiger partial charge is 0.334 e. The van der Waals surface area contributed by atoms with Crippen molar-refractivity contribution in [2.45, 2.75) is 37.6 Å². The third kappa shape index (κ3) is 4.68. The summed E-state index contributed by atoms with van der Waals surface area (Å²) in [7, 11) is -3.22. The van der Waals surface area contributed by atoms with Gasteiger partial charge in [-0.3, -0.25) is 4.79 Å². The van der Waals surface area contributed by atoms with E-state index in [0.717, 1.165) is 32.5 Å². The van der Waals surface area contributed by atoms with Crippen molar-refractivity contribution in [1.29, 1.82) is 0 Å². The number of amides is 1. The Morgan fingerprint density at radius 3 is 2.39 bits per heavy atom. The van der Waals surface area contributed by atoms with Crippen LogP contribution in [0.5, 0.6) is 0 Å². The zero-order chi connectivity index (χ0) is 16.2. The highest BCUT2D eigenvalue weighted by atomic mass is 35.5. The molecule has 1 aliphatic heterocycles. The first-order chi connectivity index (χ1) is 10.5. The van der Waals surface area contributed by atoms with Crippen LogP contribution in [0.4, 0.5) is 0 Å². The van der Waals surface area contributed by atoms with E-state index in [2.05, 4.69) is 12.2 Å². The Morgan fingerprint density at radius 2 is 1.91 bits per heavy atom. The number of carbonyl (C=O) groups is 1. The minimum atomic E-state index is -3.22. The number of rotatable bonds is 6. The highest BCUT2D eigenvalue weighted by Crippen LogP contribution is 2.17. The van der Waals surface area contributed by atoms with Crippen molar-refractivity contribution < 1.29 is 13.2 Å². The highest BCUT2D eigenvalue weighted by molar-refractivity contribution is 7.91. The summed E-state index contributed by atoms with van der Waals surface area (Å²) in [6.45, 7) is 6.16. The topological polar surface area (TPSA) is 66.5 Å². The summed E-state index contributed by atoms with van der Waals surface area (Å²) in [5.41, 5.74) is 0.551. The minimum absolute atomic E-state index is 0. The number of nitrogens with zero attached hydrogens (tertiary/aromatic N) is 1. The first-order valence-electron chi connectivity index (χ1n) is 7.84. The second-order valence-electron chi connectivity index (χ2n) is 5.57. The molecule has 1 atom stereocenters. The Morgan fingerprint density at radius 1 is 1.26 bits per heavy atom. The molecule has 1 aromatic carbocycles. The molecule has 1 fully saturated rings. The number of hydrogen-bond donors (Lipinski definition) is 1. The number of nitrogens with one attached hydrogen (secondary N) is 1. The molecule has 0 aromatic heterocycles. The number of benzene rings is 1. The molecule has 2 rings (SSSR count). The molecule has 5 nitrogen and oxygen atoms in total. The molecule has 7 heteroatoms. The second-order valence-corrected chi connectivity index (χ2v) is 7.85. The molecule has 0 aliphatic carbocycles. The van der Waals surface area contributed by atoms with Gasteiger partial charge in [-0.25, -0.2) is 8.42 Å². The normalized spacial score (nSPS) is 17.6. The Labute approximate surface area is 144 Å². The van der Waals surface area contributed by atoms with Crippen LogP contribution in [0.1, 0.15) is 37.0 Å². The van der Waals surface area contributed by atoms with E-state index in [-0.39, 0.29) is 35.0 Å². The van der Waals surface area contributed by atoms with Crippen molar-refractivity contribution in [2.75, 3.05) is 25.4 Å². The van der Waals surface area contributed by atoms with Gasteiger partial charge in [0, 0.05) is 24.7 Å². The zero-order valence-corrected chi connectivity index (χ0v) is 15.3. The monoisotopic (exact) mass is 360 g/mol. The maximum atomic E-state index is 12.7. The lowest BCUT2D eigenvalue weighted by Gasteiger charge is -2.28. The van der Waals surface area contributed by atoms with E-state index in [1.165, 1.54) is 12.1 Å². The van der Waals surface area contributed by atoms with Crippen molar-refractivity contribution in [3.05, 3.63) is 29.8 Å². The molecule has 0 saturated carbocycles. The molecule has 23 heavy (non-hydrogen) atoms. The fourth-order valence-corrected chi connectivity index (χ4v) is 3.62. The van der Waals surface area contributed by atoms with Crippen molar-refractivity contribution in [2.24, 2.45) is 0 Å². The van der Waals surface area contributed by atoms with Crippen LogP contribution in [0.25, 0.3) is 0 Å². The van der Waals surface area contributed by atoms with E-state index in [1.54, 1.807) is 19.1 Å². The molecule has 1 aliphatic rings. The minimum Gasteiger partial charge on any atom is -0.334 e. The summed E-state index contributed by atoms with van der Waals surface area (Å²) < 4.78 is 23.6. The lowest BCUT2D eigenvalue weighted by molar-refractivity contribution is 0.0692. The van der Waals surface area contributed by atoms with Gasteiger partial charge in [0.05, 0.1) is 10.6 Å². The summed E-state index contributed by atoms with van der Waals surface area (Å²) in [6.07, 6.45) is 1.87. The van der Waals surface area contributed by atoms with E-state index in [4.69, 9.17) is 0 Å². The summed E-state index contributed by atoms with van der Waals surface area (Å²) >= 11 is 0. The van der Waals surface area contributed by atoms with Gasteiger partial charge in [0.1, 0.15) is 0 Å². The zero-order valence-electron chi connectivity index (χ0n) is 13.6. The third-order valence-electron chi connectivity index (χ3n) is 4.04. The van der Waals surface area contributed by atoms with E-state index >= 15 is 0 Å². The SMILES string of the molecule is CCCN(C(=O)c1ccc(S(=O)(=O)CC)cc1)C1CCNC1.Cl. The van der Waals surface area contributed by atoms with Crippen LogP contribution in [0.15, 0.2) is 29.2 Å². The summed E-state index contributed by atoms with van der Waals surface area (Å²) in [5.74, 6) is 0.0479. The molecule has 0 radical (unpaired) electrons. The molecular formula is C16H25ClN2O3S. The van der Waals surface area contributed by atoms with E-state index in [1.807, 2.05) is 4.90 Å². The maximum absolute atomic E-state index is 12.7. The Bertz CT molecular complexity index is 611. The number of carbonyl (C=O) groups excluding carboxylic acids is 1. The van der Waals surface area contributed by atoms with Crippen LogP contribution in [0.2, 0.25) is 0 Å². The average Bonchev–Trinajstić information content (AvgIpc) is 3.06. The number of sulfone groups is 1. The van der Waals surface area contributed by atoms with Crippen molar-refractivity contribution in [1.82, 2.24) is 10.2 Å². The van der Waals surface area contributed by atoms with E-state index < -0.39 is 9.84 Å². The van der Waals surface area contributed by atoms with Crippen LogP contribution in [0, 0.1) is 0 Å². The highest BCUT2D eigenvalue weighted by Gasteiger charge is 2.26. The quantitative estimate of drug-likeness (QED) is 0.843. The van der Waals surface area contributed by atoms with Gasteiger partial charge in [-0.05, 0) is 43.7 Å². The van der Waals surface area contributed by atoms with Gasteiger partial charge >= 0.3 is 0 Å². The van der Waals surface area contributed by atoms with Crippen LogP contribution in [-0.4, -0.2) is 50.7 Å². The second kappa shape index (κ2) is 8.66. The Balaban J connectivity index is 0.00000264. The number of hydrogen-bond acceptors (Lipinski definition) is 4. The summed E-state index contributed by atoms with van der Waals surface area (Å²) in [6, 6.07) is 6.53. The fraction of sp³-hybridized carbons (Fsp3) is 0.562. The molecule has 0 bridgehead atoms. The Kier molecular flexibility index (Phi) is 7.51. The van der Waals surface area contributed by atoms with Crippen LogP contribution >= 0.6 is 12.4 Å². The van der Waals surface area contributed by atoms with Gasteiger partial charge in [0.2, 0.25) is 0 Å². The van der Waals surface area contributed by atoms with Gasteiger partial charge in [0.15, 0.2) is 9.84 Å². The molecule has 1 N–H and O–H groups in total. The molecule has 1 saturated heterocycles. The maximum Gasteiger partial charge on any atom is 0.254 e. The molecular weight excluding hydrogens is 336 g/mol. The Hall–Kier alpha value is -1.11. The average molecular weight is 361 g/mol. The van der Waals surface area contributed by atoms with Crippen molar-refractivity contribution >= 4 is 28.2 Å². The van der Waals surface area contributed by atoms with Gasteiger partial charge in [0.25, 0.3) is 5.91 Å². The predicted octanol–water partition coefficient (Wildman–Crippen LogP) is 2.12. The molecule has 130 valence electrons. The van der Waals surface area contributed by atoms with Crippen LogP contribution in [-0.2, 0) is 9.84 Å². The fourth-order valence-electron chi connectivity index (χ4n) is 2.73. The van der Waals surface area contributed by atoms with Crippen molar-refractivity contribution in [3.63, 3.8) is 0 Å². The lowest BCUT2D eigenvalue weighted by Crippen LogP contribution is -2.42. The molecule has 1 amide bonds. The standard InChI is InChI=1S/C16H24N2O3S.ClH/c1-3-11-18(14-9-10-17-12-14)16(19)13-5-7-15(8-6-13)22(20,21)4-2;/h5-8,14,17H,3-4,9-12H2,1-2H3;1H. The molecule has 1 unspecified atom stereocenters. The van der Waals surface area contributed by atoms with Crippen LogP contribution in [0.3, 0.4) is 0 Å². The molecule has 1 aromatic rings. The smallest absolute Gasteiger partial charge is 0.254 e. The third-order valence-corrected chi connectivity index (χ3v) is 5.79. The van der Waals surface area contributed by atoms with Gasteiger partial charge in [-0.1, -0.05) is 13.8 Å². The van der Waals surface area contributed by atoms with E-state index in [9.17, 15) is 13.2 Å². The van der Waals surface area contributed by atoms with Crippen LogP contribution < -0.4 is 5.32 Å². The predicted molar refractivity (Wildman–Crippen MR) is 94.0 cm³/mol. The molecule has 1 heterocycles. The van der Waals surface area contributed by atoms with Gasteiger partial charge in [-0.2, -0.15) is 0 Å². The summed E-state index contributed by atoms with van der Waals surface area (Å²) in [5, 5.41) is 3.28. The first kappa shape index (κ1) is 19.9. The summed E-state index contributed by atoms with van der Waals surface area (Å²) in [4.78, 5) is 14.9. The van der Waals surface area contributed by atoms with Gasteiger partial charge < -0.3 is 10.2 Å². The molecule has 0 spiro atoms. The van der Waals surface area contributed by atoms with E-state index in [0.29, 0.717) is 5.56 Å².